The minimum absolute atomic E-state index is 0.108. The summed E-state index contributed by atoms with van der Waals surface area (Å²) in [4.78, 5) is 20.6. The molecule has 13 heavy (non-hydrogen) atoms. The molecule has 0 spiro atoms. The van der Waals surface area contributed by atoms with E-state index in [0.29, 0.717) is 12.8 Å². The van der Waals surface area contributed by atoms with Gasteiger partial charge in [0.25, 0.3) is 0 Å². The van der Waals surface area contributed by atoms with Crippen LogP contribution >= 0.6 is 0 Å². The summed E-state index contributed by atoms with van der Waals surface area (Å²) in [6.45, 7) is 0. The van der Waals surface area contributed by atoms with Gasteiger partial charge in [-0.3, -0.25) is 14.9 Å². The molecule has 1 heterocycles. The fraction of sp³-hybridized carbons (Fsp3) is 0.714. The lowest BCUT2D eigenvalue weighted by atomic mass is 10.1. The molecule has 0 bridgehead atoms. The van der Waals surface area contributed by atoms with Crippen molar-refractivity contribution in [1.29, 1.82) is 0 Å². The second-order valence-corrected chi connectivity index (χ2v) is 3.11. The fourth-order valence-corrected chi connectivity index (χ4v) is 1.15. The smallest absolute Gasteiger partial charge is 0.322 e. The van der Waals surface area contributed by atoms with Crippen LogP contribution in [-0.4, -0.2) is 40.3 Å². The van der Waals surface area contributed by atoms with Crippen molar-refractivity contribution in [3.05, 3.63) is 0 Å². The van der Waals surface area contributed by atoms with E-state index in [4.69, 9.17) is 15.9 Å². The Balaban J connectivity index is 2.16. The molecule has 1 fully saturated rings. The number of nitrogens with two attached hydrogens (primary N) is 1. The van der Waals surface area contributed by atoms with Gasteiger partial charge in [-0.25, -0.2) is 0 Å². The molecule has 1 saturated heterocycles. The molecule has 0 aliphatic carbocycles. The van der Waals surface area contributed by atoms with Crippen LogP contribution in [0.15, 0.2) is 0 Å². The summed E-state index contributed by atoms with van der Waals surface area (Å²) in [6.07, 6.45) is 0.793. The monoisotopic (exact) mass is 188 g/mol. The minimum atomic E-state index is -1.05. The molecule has 74 valence electrons. The Morgan fingerprint density at radius 3 is 2.46 bits per heavy atom. The molecule has 0 amide bonds. The highest BCUT2D eigenvalue weighted by atomic mass is 16.4. The first-order valence-electron chi connectivity index (χ1n) is 3.99. The van der Waals surface area contributed by atoms with Gasteiger partial charge in [-0.2, -0.15) is 0 Å². The van der Waals surface area contributed by atoms with E-state index in [1.54, 1.807) is 0 Å². The van der Waals surface area contributed by atoms with Crippen molar-refractivity contribution in [2.24, 2.45) is 5.73 Å². The first-order chi connectivity index (χ1) is 6.02. The Morgan fingerprint density at radius 2 is 2.08 bits per heavy atom. The van der Waals surface area contributed by atoms with E-state index in [1.165, 1.54) is 0 Å². The van der Waals surface area contributed by atoms with Crippen LogP contribution in [0.1, 0.15) is 12.8 Å². The first-order valence-corrected chi connectivity index (χ1v) is 3.99. The van der Waals surface area contributed by atoms with Crippen molar-refractivity contribution < 1.29 is 19.8 Å². The van der Waals surface area contributed by atoms with Crippen LogP contribution in [0.2, 0.25) is 0 Å². The second kappa shape index (κ2) is 3.71. The average molecular weight is 188 g/mol. The van der Waals surface area contributed by atoms with Gasteiger partial charge in [-0.15, -0.1) is 0 Å². The lowest BCUT2D eigenvalue weighted by Gasteiger charge is -2.03. The van der Waals surface area contributed by atoms with Crippen LogP contribution < -0.4 is 11.1 Å². The lowest BCUT2D eigenvalue weighted by molar-refractivity contribution is -0.138. The Bertz CT molecular complexity index is 231. The third-order valence-electron chi connectivity index (χ3n) is 2.06. The summed E-state index contributed by atoms with van der Waals surface area (Å²) in [5.41, 5.74) is 5.24. The zero-order valence-electron chi connectivity index (χ0n) is 6.93. The van der Waals surface area contributed by atoms with Crippen LogP contribution in [0, 0.1) is 0 Å². The molecular weight excluding hydrogens is 176 g/mol. The quantitative estimate of drug-likeness (QED) is 0.394. The van der Waals surface area contributed by atoms with Crippen LogP contribution in [0.4, 0.5) is 0 Å². The van der Waals surface area contributed by atoms with Gasteiger partial charge < -0.3 is 15.9 Å². The van der Waals surface area contributed by atoms with Crippen molar-refractivity contribution in [2.75, 3.05) is 0 Å². The lowest BCUT2D eigenvalue weighted by Crippen LogP contribution is -2.30. The normalized spacial score (nSPS) is 28.1. The Hall–Kier alpha value is -1.14. The standard InChI is InChI=1S/C7H12N2O4/c8-3(6(10)11)1-2-4-5(9-4)7(12)13/h3-5,9H,1-2,8H2,(H,10,11)(H,12,13)/t3-,4-,5+/m0/s1. The summed E-state index contributed by atoms with van der Waals surface area (Å²) < 4.78 is 0. The number of aliphatic carboxylic acids is 2. The highest BCUT2D eigenvalue weighted by Crippen LogP contribution is 2.17. The summed E-state index contributed by atoms with van der Waals surface area (Å²) in [5, 5.41) is 19.6. The van der Waals surface area contributed by atoms with E-state index in [0.717, 1.165) is 0 Å². The number of carbonyl (C=O) groups is 2. The summed E-state index contributed by atoms with van der Waals surface area (Å²) in [5.74, 6) is -1.94. The van der Waals surface area contributed by atoms with Crippen molar-refractivity contribution >= 4 is 11.9 Å². The Morgan fingerprint density at radius 1 is 1.46 bits per heavy atom. The number of rotatable bonds is 5. The van der Waals surface area contributed by atoms with Gasteiger partial charge in [0, 0.05) is 6.04 Å². The van der Waals surface area contributed by atoms with Gasteiger partial charge in [0.15, 0.2) is 0 Å². The predicted molar refractivity (Wildman–Crippen MR) is 43.2 cm³/mol. The second-order valence-electron chi connectivity index (χ2n) is 3.11. The maximum Gasteiger partial charge on any atom is 0.322 e. The van der Waals surface area contributed by atoms with Gasteiger partial charge in [-0.1, -0.05) is 0 Å². The molecule has 3 atom stereocenters. The maximum absolute atomic E-state index is 10.3. The third-order valence-corrected chi connectivity index (χ3v) is 2.06. The largest absolute Gasteiger partial charge is 0.480 e. The van der Waals surface area contributed by atoms with E-state index in [-0.39, 0.29) is 6.04 Å². The molecule has 0 radical (unpaired) electrons. The summed E-state index contributed by atoms with van der Waals surface area (Å²) >= 11 is 0. The van der Waals surface area contributed by atoms with Crippen LogP contribution in [-0.2, 0) is 9.59 Å². The number of carboxylic acids is 2. The van der Waals surface area contributed by atoms with Gasteiger partial charge in [-0.05, 0) is 12.8 Å². The van der Waals surface area contributed by atoms with Crippen molar-refractivity contribution in [1.82, 2.24) is 5.32 Å². The van der Waals surface area contributed by atoms with E-state index in [1.807, 2.05) is 0 Å². The van der Waals surface area contributed by atoms with E-state index >= 15 is 0 Å². The molecule has 1 rings (SSSR count). The topological polar surface area (TPSA) is 123 Å². The molecule has 5 N–H and O–H groups in total. The van der Waals surface area contributed by atoms with Gasteiger partial charge >= 0.3 is 11.9 Å². The highest BCUT2D eigenvalue weighted by molar-refractivity contribution is 5.78. The number of carboxylic acid groups (broad SMARTS) is 2. The molecule has 0 saturated carbocycles. The van der Waals surface area contributed by atoms with Crippen molar-refractivity contribution in [3.8, 4) is 0 Å². The number of nitrogens with one attached hydrogen (secondary N) is 1. The summed E-state index contributed by atoms with van der Waals surface area (Å²) in [6, 6.07) is -1.51. The van der Waals surface area contributed by atoms with Crippen molar-refractivity contribution in [2.45, 2.75) is 31.0 Å². The van der Waals surface area contributed by atoms with Crippen LogP contribution in [0.3, 0.4) is 0 Å². The Kier molecular flexibility index (Phi) is 2.84. The molecule has 0 aromatic heterocycles. The van der Waals surface area contributed by atoms with Gasteiger partial charge in [0.2, 0.25) is 0 Å². The van der Waals surface area contributed by atoms with Crippen LogP contribution in [0.5, 0.6) is 0 Å². The molecule has 0 unspecified atom stereocenters. The zero-order valence-corrected chi connectivity index (χ0v) is 6.93. The number of hydrogen-bond acceptors (Lipinski definition) is 4. The van der Waals surface area contributed by atoms with E-state index in [9.17, 15) is 9.59 Å². The Labute approximate surface area is 74.7 Å². The van der Waals surface area contributed by atoms with Crippen molar-refractivity contribution in [3.63, 3.8) is 0 Å². The number of hydrogen-bond donors (Lipinski definition) is 4. The highest BCUT2D eigenvalue weighted by Gasteiger charge is 2.42. The summed E-state index contributed by atoms with van der Waals surface area (Å²) in [7, 11) is 0. The third kappa shape index (κ3) is 2.67. The predicted octanol–water partition coefficient (Wildman–Crippen LogP) is -1.40. The maximum atomic E-state index is 10.3. The average Bonchev–Trinajstić information content (AvgIpc) is 2.78. The van der Waals surface area contributed by atoms with Crippen LogP contribution in [0.25, 0.3) is 0 Å². The first kappa shape index (κ1) is 9.94. The molecule has 1 aliphatic heterocycles. The fourth-order valence-electron chi connectivity index (χ4n) is 1.15. The molecule has 0 aromatic carbocycles. The molecular formula is C7H12N2O4. The van der Waals surface area contributed by atoms with Gasteiger partial charge in [0.05, 0.1) is 0 Å². The molecule has 0 aromatic rings. The van der Waals surface area contributed by atoms with Gasteiger partial charge in [0.1, 0.15) is 12.1 Å². The van der Waals surface area contributed by atoms with E-state index in [2.05, 4.69) is 5.32 Å². The van der Waals surface area contributed by atoms with E-state index < -0.39 is 24.0 Å². The molecule has 1 aliphatic rings. The molecule has 6 nitrogen and oxygen atoms in total. The molecule has 6 heteroatoms. The minimum Gasteiger partial charge on any atom is -0.480 e. The SMILES string of the molecule is N[C@@H](CC[C@@H]1N[C@H]1C(=O)O)C(=O)O. The zero-order chi connectivity index (χ0) is 10.0.